The van der Waals surface area contributed by atoms with Crippen LogP contribution in [-0.2, 0) is 4.79 Å². The summed E-state index contributed by atoms with van der Waals surface area (Å²) >= 11 is 3.29. The molecule has 3 aromatic rings. The van der Waals surface area contributed by atoms with Crippen molar-refractivity contribution in [3.63, 3.8) is 0 Å². The molecule has 0 spiro atoms. The van der Waals surface area contributed by atoms with Gasteiger partial charge in [0.1, 0.15) is 18.2 Å². The van der Waals surface area contributed by atoms with Gasteiger partial charge in [0, 0.05) is 28.5 Å². The van der Waals surface area contributed by atoms with E-state index in [2.05, 4.69) is 41.5 Å². The maximum Gasteiger partial charge on any atom is 0.322 e. The number of carboxylic acid groups (broad SMARTS) is 1. The van der Waals surface area contributed by atoms with Crippen molar-refractivity contribution in [3.05, 3.63) is 59.1 Å². The predicted octanol–water partition coefficient (Wildman–Crippen LogP) is 3.68. The van der Waals surface area contributed by atoms with Gasteiger partial charge in [-0.25, -0.2) is 9.37 Å². The molecule has 0 aliphatic carbocycles. The Labute approximate surface area is 156 Å². The molecule has 0 fully saturated rings. The van der Waals surface area contributed by atoms with Gasteiger partial charge in [0.25, 0.3) is 0 Å². The zero-order valence-corrected chi connectivity index (χ0v) is 14.9. The minimum Gasteiger partial charge on any atom is -0.480 e. The highest BCUT2D eigenvalue weighted by atomic mass is 79.9. The molecule has 0 saturated heterocycles. The molecular formula is C17H13BrFN5O2. The van der Waals surface area contributed by atoms with Gasteiger partial charge >= 0.3 is 5.97 Å². The normalized spacial score (nSPS) is 10.4. The van der Waals surface area contributed by atoms with Crippen LogP contribution in [0.1, 0.15) is 0 Å². The van der Waals surface area contributed by atoms with E-state index in [9.17, 15) is 9.18 Å². The molecule has 3 rings (SSSR count). The highest BCUT2D eigenvalue weighted by molar-refractivity contribution is 9.10. The molecule has 26 heavy (non-hydrogen) atoms. The first-order valence-electron chi connectivity index (χ1n) is 7.48. The molecule has 0 radical (unpaired) electrons. The maximum absolute atomic E-state index is 13.3. The second-order valence-corrected chi connectivity index (χ2v) is 6.05. The number of benzene rings is 1. The summed E-state index contributed by atoms with van der Waals surface area (Å²) in [6.45, 7) is -0.323. The minimum absolute atomic E-state index is 0.148. The van der Waals surface area contributed by atoms with Gasteiger partial charge in [-0.15, -0.1) is 0 Å². The van der Waals surface area contributed by atoms with Crippen LogP contribution in [0.3, 0.4) is 0 Å². The van der Waals surface area contributed by atoms with Gasteiger partial charge in [-0.2, -0.15) is 4.98 Å². The molecule has 132 valence electrons. The number of rotatable bonds is 6. The number of pyridine rings is 1. The van der Waals surface area contributed by atoms with Crippen molar-refractivity contribution in [2.45, 2.75) is 0 Å². The standard InChI is InChI=1S/C17H13BrFN5O2/c18-12-6-11(19)3-4-13(12)22-15-7-14(10-2-1-5-20-8-10)23-17(24-15)21-9-16(25)26/h1-8H,9H2,(H,25,26)(H2,21,22,23,24). The summed E-state index contributed by atoms with van der Waals surface area (Å²) in [5.41, 5.74) is 1.91. The number of hydrogen-bond acceptors (Lipinski definition) is 6. The van der Waals surface area contributed by atoms with Crippen LogP contribution in [0.4, 0.5) is 21.8 Å². The molecule has 9 heteroatoms. The van der Waals surface area contributed by atoms with E-state index in [1.807, 2.05) is 6.07 Å². The van der Waals surface area contributed by atoms with E-state index < -0.39 is 5.97 Å². The summed E-state index contributed by atoms with van der Waals surface area (Å²) in [6, 6.07) is 9.50. The number of nitrogens with one attached hydrogen (secondary N) is 2. The van der Waals surface area contributed by atoms with E-state index >= 15 is 0 Å². The van der Waals surface area contributed by atoms with Gasteiger partial charge in [-0.1, -0.05) is 0 Å². The van der Waals surface area contributed by atoms with Crippen LogP contribution in [0.5, 0.6) is 0 Å². The van der Waals surface area contributed by atoms with Crippen molar-refractivity contribution in [1.82, 2.24) is 15.0 Å². The van der Waals surface area contributed by atoms with Crippen LogP contribution < -0.4 is 10.6 Å². The van der Waals surface area contributed by atoms with Gasteiger partial charge < -0.3 is 15.7 Å². The fourth-order valence-electron chi connectivity index (χ4n) is 2.14. The average molecular weight is 418 g/mol. The number of nitrogens with zero attached hydrogens (tertiary/aromatic N) is 3. The molecule has 2 heterocycles. The van der Waals surface area contributed by atoms with Crippen LogP contribution in [0.25, 0.3) is 11.3 Å². The van der Waals surface area contributed by atoms with E-state index in [1.165, 1.54) is 12.1 Å². The second kappa shape index (κ2) is 7.87. The van der Waals surface area contributed by atoms with Crippen LogP contribution >= 0.6 is 15.9 Å². The third-order valence-electron chi connectivity index (χ3n) is 3.28. The summed E-state index contributed by atoms with van der Waals surface area (Å²) in [7, 11) is 0. The average Bonchev–Trinajstić information content (AvgIpc) is 2.63. The lowest BCUT2D eigenvalue weighted by Crippen LogP contribution is -2.15. The smallest absolute Gasteiger partial charge is 0.322 e. The largest absolute Gasteiger partial charge is 0.480 e. The summed E-state index contributed by atoms with van der Waals surface area (Å²) < 4.78 is 13.8. The van der Waals surface area contributed by atoms with Gasteiger partial charge in [-0.3, -0.25) is 9.78 Å². The van der Waals surface area contributed by atoms with Gasteiger partial charge in [0.05, 0.1) is 11.4 Å². The Bertz CT molecular complexity index is 940. The van der Waals surface area contributed by atoms with Crippen molar-refractivity contribution in [2.75, 3.05) is 17.2 Å². The van der Waals surface area contributed by atoms with Crippen molar-refractivity contribution >= 4 is 39.4 Å². The molecule has 7 nitrogen and oxygen atoms in total. The zero-order valence-electron chi connectivity index (χ0n) is 13.3. The lowest BCUT2D eigenvalue weighted by molar-refractivity contribution is -0.134. The third-order valence-corrected chi connectivity index (χ3v) is 3.93. The Morgan fingerprint density at radius 1 is 1.23 bits per heavy atom. The van der Waals surface area contributed by atoms with Crippen LogP contribution in [0.2, 0.25) is 0 Å². The monoisotopic (exact) mass is 417 g/mol. The lowest BCUT2D eigenvalue weighted by atomic mass is 10.2. The number of aliphatic carboxylic acids is 1. The van der Waals surface area contributed by atoms with Gasteiger partial charge in [0.2, 0.25) is 5.95 Å². The van der Waals surface area contributed by atoms with Crippen molar-refractivity contribution in [1.29, 1.82) is 0 Å². The fourth-order valence-corrected chi connectivity index (χ4v) is 2.59. The van der Waals surface area contributed by atoms with Crippen molar-refractivity contribution < 1.29 is 14.3 Å². The van der Waals surface area contributed by atoms with Gasteiger partial charge in [0.15, 0.2) is 0 Å². The van der Waals surface area contributed by atoms with E-state index in [-0.39, 0.29) is 18.3 Å². The topological polar surface area (TPSA) is 100 Å². The quantitative estimate of drug-likeness (QED) is 0.562. The molecule has 1 aromatic carbocycles. The zero-order chi connectivity index (χ0) is 18.5. The number of carboxylic acids is 1. The Balaban J connectivity index is 1.97. The van der Waals surface area contributed by atoms with Crippen LogP contribution in [0, 0.1) is 5.82 Å². The van der Waals surface area contributed by atoms with Crippen LogP contribution in [-0.4, -0.2) is 32.6 Å². The summed E-state index contributed by atoms with van der Waals surface area (Å²) in [6.07, 6.45) is 3.28. The SMILES string of the molecule is O=C(O)CNc1nc(Nc2ccc(F)cc2Br)cc(-c2cccnc2)n1. The third kappa shape index (κ3) is 4.51. The molecule has 0 bridgehead atoms. The molecule has 0 unspecified atom stereocenters. The number of carbonyl (C=O) groups is 1. The number of anilines is 3. The summed E-state index contributed by atoms with van der Waals surface area (Å²) in [5.74, 6) is -0.838. The van der Waals surface area contributed by atoms with Crippen molar-refractivity contribution in [2.24, 2.45) is 0 Å². The first-order chi connectivity index (χ1) is 12.5. The molecule has 2 aromatic heterocycles. The van der Waals surface area contributed by atoms with Crippen LogP contribution in [0.15, 0.2) is 53.3 Å². The molecule has 0 saturated carbocycles. The molecular weight excluding hydrogens is 405 g/mol. The molecule has 3 N–H and O–H groups in total. The van der Waals surface area contributed by atoms with E-state index in [0.29, 0.717) is 21.7 Å². The fraction of sp³-hybridized carbons (Fsp3) is 0.0588. The second-order valence-electron chi connectivity index (χ2n) is 5.20. The molecule has 0 aliphatic heterocycles. The molecule has 0 atom stereocenters. The summed E-state index contributed by atoms with van der Waals surface area (Å²) in [4.78, 5) is 23.4. The van der Waals surface area contributed by atoms with E-state index in [4.69, 9.17) is 5.11 Å². The predicted molar refractivity (Wildman–Crippen MR) is 98.8 cm³/mol. The number of hydrogen-bond donors (Lipinski definition) is 3. The van der Waals surface area contributed by atoms with E-state index in [0.717, 1.165) is 5.56 Å². The lowest BCUT2D eigenvalue weighted by Gasteiger charge is -2.12. The molecule has 0 aliphatic rings. The maximum atomic E-state index is 13.3. The Kier molecular flexibility index (Phi) is 5.37. The number of aromatic nitrogens is 3. The van der Waals surface area contributed by atoms with Crippen molar-refractivity contribution in [3.8, 4) is 11.3 Å². The van der Waals surface area contributed by atoms with E-state index in [1.54, 1.807) is 30.6 Å². The minimum atomic E-state index is -1.03. The first-order valence-corrected chi connectivity index (χ1v) is 8.28. The highest BCUT2D eigenvalue weighted by Crippen LogP contribution is 2.28. The molecule has 0 amide bonds. The Morgan fingerprint density at radius 2 is 2.08 bits per heavy atom. The summed E-state index contributed by atoms with van der Waals surface area (Å²) in [5, 5.41) is 14.6. The highest BCUT2D eigenvalue weighted by Gasteiger charge is 2.10. The van der Waals surface area contributed by atoms with Gasteiger partial charge in [-0.05, 0) is 46.3 Å². The Hall–Kier alpha value is -3.07. The first kappa shape index (κ1) is 17.7. The Morgan fingerprint density at radius 3 is 2.77 bits per heavy atom. The number of halogens is 2.